The van der Waals surface area contributed by atoms with E-state index in [1.807, 2.05) is 48.7 Å². The first-order valence-electron chi connectivity index (χ1n) is 8.37. The Labute approximate surface area is 142 Å². The van der Waals surface area contributed by atoms with Crippen molar-refractivity contribution < 1.29 is 5.11 Å². The van der Waals surface area contributed by atoms with Crippen molar-refractivity contribution in [3.05, 3.63) is 59.7 Å². The first-order chi connectivity index (χ1) is 11.6. The molecule has 3 rings (SSSR count). The first-order valence-corrected chi connectivity index (χ1v) is 8.37. The van der Waals surface area contributed by atoms with Crippen molar-refractivity contribution >= 4 is 11.5 Å². The maximum absolute atomic E-state index is 10.1. The molecule has 1 aromatic carbocycles. The smallest absolute Gasteiger partial charge is 0.234 e. The minimum absolute atomic E-state index is 0.357. The predicted octanol–water partition coefficient (Wildman–Crippen LogP) is 3.12. The average Bonchev–Trinajstić information content (AvgIpc) is 2.97. The molecule has 126 valence electrons. The number of hydrogen-bond donors (Lipinski definition) is 1. The van der Waals surface area contributed by atoms with Crippen molar-refractivity contribution in [2.45, 2.75) is 39.8 Å². The quantitative estimate of drug-likeness (QED) is 0.757. The van der Waals surface area contributed by atoms with Gasteiger partial charge in [0.05, 0.1) is 18.3 Å². The number of para-hydroxylation sites is 1. The molecule has 2 heterocycles. The summed E-state index contributed by atoms with van der Waals surface area (Å²) in [5.41, 5.74) is 4.13. The summed E-state index contributed by atoms with van der Waals surface area (Å²) in [6.07, 6.45) is 2.41. The Bertz CT molecular complexity index is 813. The number of fused-ring (bicyclic) bond motifs is 1. The van der Waals surface area contributed by atoms with Gasteiger partial charge in [0, 0.05) is 29.8 Å². The Balaban J connectivity index is 1.91. The molecule has 3 aromatic rings. The Morgan fingerprint density at radius 1 is 1.17 bits per heavy atom. The highest BCUT2D eigenvalue weighted by Gasteiger charge is 2.14. The number of anilines is 1. The van der Waals surface area contributed by atoms with Gasteiger partial charge in [0.1, 0.15) is 0 Å². The maximum Gasteiger partial charge on any atom is 0.234 e. The zero-order valence-electron chi connectivity index (χ0n) is 14.5. The van der Waals surface area contributed by atoms with E-state index in [-0.39, 0.29) is 6.10 Å². The van der Waals surface area contributed by atoms with Crippen LogP contribution in [0.1, 0.15) is 30.4 Å². The molecule has 24 heavy (non-hydrogen) atoms. The highest BCUT2D eigenvalue weighted by Crippen LogP contribution is 2.18. The van der Waals surface area contributed by atoms with Crippen molar-refractivity contribution in [1.82, 2.24) is 14.4 Å². The number of benzene rings is 1. The highest BCUT2D eigenvalue weighted by atomic mass is 16.3. The molecule has 1 unspecified atom stereocenters. The molecule has 0 aliphatic carbocycles. The largest absolute Gasteiger partial charge is 0.391 e. The summed E-state index contributed by atoms with van der Waals surface area (Å²) < 4.78 is 2.02. The fourth-order valence-electron chi connectivity index (χ4n) is 2.87. The molecule has 1 N–H and O–H groups in total. The summed E-state index contributed by atoms with van der Waals surface area (Å²) in [5.74, 6) is 0.728. The Hall–Kier alpha value is -2.40. The minimum Gasteiger partial charge on any atom is -0.391 e. The SMILES string of the molecule is CCC(O)CN(Cc1cn2c(C)cc(C)nc2n1)c1ccccc1. The minimum atomic E-state index is -0.357. The zero-order valence-corrected chi connectivity index (χ0v) is 14.5. The number of aliphatic hydroxyl groups is 1. The fourth-order valence-corrected chi connectivity index (χ4v) is 2.87. The highest BCUT2D eigenvalue weighted by molar-refractivity contribution is 5.47. The second-order valence-corrected chi connectivity index (χ2v) is 6.22. The van der Waals surface area contributed by atoms with Crippen LogP contribution in [-0.4, -0.2) is 32.1 Å². The van der Waals surface area contributed by atoms with Crippen LogP contribution >= 0.6 is 0 Å². The van der Waals surface area contributed by atoms with Gasteiger partial charge < -0.3 is 10.0 Å². The van der Waals surface area contributed by atoms with E-state index < -0.39 is 0 Å². The third-order valence-electron chi connectivity index (χ3n) is 4.19. The molecule has 0 aliphatic rings. The summed E-state index contributed by atoms with van der Waals surface area (Å²) in [7, 11) is 0. The van der Waals surface area contributed by atoms with Crippen LogP contribution in [0.5, 0.6) is 0 Å². The van der Waals surface area contributed by atoms with Gasteiger partial charge in [-0.05, 0) is 38.5 Å². The third kappa shape index (κ3) is 3.57. The fraction of sp³-hybridized carbons (Fsp3) is 0.368. The van der Waals surface area contributed by atoms with Crippen LogP contribution in [0, 0.1) is 13.8 Å². The van der Waals surface area contributed by atoms with Crippen molar-refractivity contribution in [1.29, 1.82) is 0 Å². The predicted molar refractivity (Wildman–Crippen MR) is 96.3 cm³/mol. The lowest BCUT2D eigenvalue weighted by Crippen LogP contribution is -2.31. The van der Waals surface area contributed by atoms with Gasteiger partial charge in [0.25, 0.3) is 0 Å². The lowest BCUT2D eigenvalue weighted by molar-refractivity contribution is 0.175. The number of aliphatic hydroxyl groups excluding tert-OH is 1. The van der Waals surface area contributed by atoms with Gasteiger partial charge in [0.15, 0.2) is 0 Å². The topological polar surface area (TPSA) is 53.7 Å². The Kier molecular flexibility index (Phi) is 4.81. The average molecular weight is 324 g/mol. The van der Waals surface area contributed by atoms with Crippen LogP contribution in [0.25, 0.3) is 5.78 Å². The molecule has 2 aromatic heterocycles. The molecule has 5 heteroatoms. The second kappa shape index (κ2) is 7.01. The lowest BCUT2D eigenvalue weighted by atomic mass is 10.2. The van der Waals surface area contributed by atoms with Crippen LogP contribution in [0.15, 0.2) is 42.6 Å². The van der Waals surface area contributed by atoms with Crippen LogP contribution in [0.2, 0.25) is 0 Å². The standard InChI is InChI=1S/C19H24N4O/c1-4-18(24)13-22(17-8-6-5-7-9-17)11-16-12-23-15(3)10-14(2)20-19(23)21-16/h5-10,12,18,24H,4,11,13H2,1-3H3. The van der Waals surface area contributed by atoms with Gasteiger partial charge in [-0.2, -0.15) is 0 Å². The summed E-state index contributed by atoms with van der Waals surface area (Å²) in [6, 6.07) is 12.2. The summed E-state index contributed by atoms with van der Waals surface area (Å²) >= 11 is 0. The molecule has 0 saturated heterocycles. The Morgan fingerprint density at radius 3 is 2.62 bits per heavy atom. The van der Waals surface area contributed by atoms with E-state index >= 15 is 0 Å². The van der Waals surface area contributed by atoms with Crippen molar-refractivity contribution in [3.63, 3.8) is 0 Å². The number of aryl methyl sites for hydroxylation is 2. The van der Waals surface area contributed by atoms with E-state index in [2.05, 4.69) is 33.9 Å². The number of hydrogen-bond acceptors (Lipinski definition) is 4. The van der Waals surface area contributed by atoms with Crippen molar-refractivity contribution in [3.8, 4) is 0 Å². The number of rotatable bonds is 6. The van der Waals surface area contributed by atoms with Gasteiger partial charge >= 0.3 is 0 Å². The Morgan fingerprint density at radius 2 is 1.92 bits per heavy atom. The summed E-state index contributed by atoms with van der Waals surface area (Å²) in [4.78, 5) is 11.3. The molecule has 0 saturated carbocycles. The molecule has 0 spiro atoms. The third-order valence-corrected chi connectivity index (χ3v) is 4.19. The monoisotopic (exact) mass is 324 g/mol. The maximum atomic E-state index is 10.1. The second-order valence-electron chi connectivity index (χ2n) is 6.22. The van der Waals surface area contributed by atoms with Gasteiger partial charge in [-0.15, -0.1) is 0 Å². The number of imidazole rings is 1. The van der Waals surface area contributed by atoms with Crippen LogP contribution in [0.4, 0.5) is 5.69 Å². The normalized spacial score (nSPS) is 12.5. The lowest BCUT2D eigenvalue weighted by Gasteiger charge is -2.26. The molecule has 5 nitrogen and oxygen atoms in total. The number of nitrogens with zero attached hydrogens (tertiary/aromatic N) is 4. The zero-order chi connectivity index (χ0) is 17.1. The van der Waals surface area contributed by atoms with Gasteiger partial charge in [-0.25, -0.2) is 9.97 Å². The van der Waals surface area contributed by atoms with Gasteiger partial charge in [-0.1, -0.05) is 25.1 Å². The van der Waals surface area contributed by atoms with Gasteiger partial charge in [-0.3, -0.25) is 4.40 Å². The summed E-state index contributed by atoms with van der Waals surface area (Å²) in [6.45, 7) is 7.26. The molecule has 0 radical (unpaired) electrons. The molecule has 0 aliphatic heterocycles. The molecule has 0 fully saturated rings. The van der Waals surface area contributed by atoms with E-state index in [4.69, 9.17) is 0 Å². The summed E-state index contributed by atoms with van der Waals surface area (Å²) in [5, 5.41) is 10.1. The molecule has 1 atom stereocenters. The van der Waals surface area contributed by atoms with Crippen LogP contribution < -0.4 is 4.90 Å². The van der Waals surface area contributed by atoms with E-state index in [0.29, 0.717) is 13.1 Å². The molecular formula is C19H24N4O. The van der Waals surface area contributed by atoms with E-state index in [9.17, 15) is 5.11 Å². The molecular weight excluding hydrogens is 300 g/mol. The first kappa shape index (κ1) is 16.5. The van der Waals surface area contributed by atoms with E-state index in [0.717, 1.165) is 35.0 Å². The number of aromatic nitrogens is 3. The van der Waals surface area contributed by atoms with E-state index in [1.54, 1.807) is 0 Å². The molecule has 0 bridgehead atoms. The van der Waals surface area contributed by atoms with Crippen LogP contribution in [-0.2, 0) is 6.54 Å². The van der Waals surface area contributed by atoms with E-state index in [1.165, 1.54) is 0 Å². The van der Waals surface area contributed by atoms with Gasteiger partial charge in [0.2, 0.25) is 5.78 Å². The molecule has 0 amide bonds. The van der Waals surface area contributed by atoms with Crippen LogP contribution in [0.3, 0.4) is 0 Å². The van der Waals surface area contributed by atoms with Crippen molar-refractivity contribution in [2.75, 3.05) is 11.4 Å². The van der Waals surface area contributed by atoms with Crippen molar-refractivity contribution in [2.24, 2.45) is 0 Å².